The van der Waals surface area contributed by atoms with Crippen molar-refractivity contribution in [1.29, 1.82) is 0 Å². The smallest absolute Gasteiger partial charge is 0.323 e. The lowest BCUT2D eigenvalue weighted by Crippen LogP contribution is -2.33. The maximum absolute atomic E-state index is 12.9. The number of anilines is 3. The van der Waals surface area contributed by atoms with Gasteiger partial charge in [-0.1, -0.05) is 45.4 Å². The highest BCUT2D eigenvalue weighted by Crippen LogP contribution is 2.30. The lowest BCUT2D eigenvalue weighted by atomic mass is 10.1. The Labute approximate surface area is 212 Å². The average Bonchev–Trinajstić information content (AvgIpc) is 2.83. The minimum absolute atomic E-state index is 0.268. The number of nitrogens with one attached hydrogen (secondary N) is 3. The summed E-state index contributed by atoms with van der Waals surface area (Å²) in [6.45, 7) is 12.3. The fraction of sp³-hybridized carbons (Fsp3) is 0.333. The molecule has 0 atom stereocenters. The largest absolute Gasteiger partial charge is 0.369 e. The van der Waals surface area contributed by atoms with Gasteiger partial charge in [0.25, 0.3) is 0 Å². The summed E-state index contributed by atoms with van der Waals surface area (Å²) in [6.07, 6.45) is 4.45. The van der Waals surface area contributed by atoms with Crippen molar-refractivity contribution in [2.75, 3.05) is 28.6 Å². The fourth-order valence-electron chi connectivity index (χ4n) is 3.76. The summed E-state index contributed by atoms with van der Waals surface area (Å²) in [5.74, 6) is 1.11. The Morgan fingerprint density at radius 1 is 0.972 bits per heavy atom. The second-order valence-electron chi connectivity index (χ2n) is 9.54. The first-order valence-corrected chi connectivity index (χ1v) is 12.0. The van der Waals surface area contributed by atoms with Gasteiger partial charge in [-0.2, -0.15) is 0 Å². The highest BCUT2D eigenvalue weighted by molar-refractivity contribution is 6.05. The maximum Gasteiger partial charge on any atom is 0.323 e. The predicted octanol–water partition coefficient (Wildman–Crippen LogP) is 5.60. The summed E-state index contributed by atoms with van der Waals surface area (Å²) < 4.78 is 0. The van der Waals surface area contributed by atoms with E-state index in [4.69, 9.17) is 0 Å². The van der Waals surface area contributed by atoms with Crippen LogP contribution in [0.15, 0.2) is 66.2 Å². The summed E-state index contributed by atoms with van der Waals surface area (Å²) in [6, 6.07) is 12.9. The van der Waals surface area contributed by atoms with E-state index in [0.29, 0.717) is 34.5 Å². The zero-order valence-electron chi connectivity index (χ0n) is 21.5. The molecule has 190 valence electrons. The van der Waals surface area contributed by atoms with Crippen LogP contribution in [0, 0.1) is 18.8 Å². The van der Waals surface area contributed by atoms with Gasteiger partial charge in [-0.3, -0.25) is 10.7 Å². The van der Waals surface area contributed by atoms with E-state index in [-0.39, 0.29) is 5.84 Å². The molecule has 2 amide bonds. The zero-order chi connectivity index (χ0) is 26.1. The predicted molar refractivity (Wildman–Crippen MR) is 145 cm³/mol. The topological polar surface area (TPSA) is 115 Å². The number of aliphatic imine (C=N–C) groups is 1. The second-order valence-corrected chi connectivity index (χ2v) is 9.54. The Morgan fingerprint density at radius 2 is 1.61 bits per heavy atom. The van der Waals surface area contributed by atoms with Crippen LogP contribution < -0.4 is 21.0 Å². The van der Waals surface area contributed by atoms with E-state index in [0.717, 1.165) is 24.3 Å². The number of hydroxylamine groups is 1. The van der Waals surface area contributed by atoms with Crippen LogP contribution >= 0.6 is 0 Å². The fourth-order valence-corrected chi connectivity index (χ4v) is 3.76. The van der Waals surface area contributed by atoms with Crippen molar-refractivity contribution in [2.24, 2.45) is 16.8 Å². The van der Waals surface area contributed by atoms with E-state index < -0.39 is 6.03 Å². The molecule has 0 unspecified atom stereocenters. The second kappa shape index (κ2) is 12.6. The quantitative estimate of drug-likeness (QED) is 0.177. The van der Waals surface area contributed by atoms with Crippen molar-refractivity contribution in [3.63, 3.8) is 0 Å². The molecule has 0 saturated carbocycles. The first-order valence-electron chi connectivity index (χ1n) is 12.0. The minimum atomic E-state index is -0.425. The molecule has 9 nitrogen and oxygen atoms in total. The van der Waals surface area contributed by atoms with E-state index in [9.17, 15) is 10.0 Å². The molecule has 4 N–H and O–H groups in total. The van der Waals surface area contributed by atoms with Crippen molar-refractivity contribution in [1.82, 2.24) is 15.4 Å². The summed E-state index contributed by atoms with van der Waals surface area (Å²) in [5.41, 5.74) is 6.59. The number of amidine groups is 1. The number of nitrogens with zero attached hydrogens (tertiary/aromatic N) is 4. The number of aryl methyl sites for hydroxylation is 1. The first-order chi connectivity index (χ1) is 17.2. The molecule has 36 heavy (non-hydrogen) atoms. The number of rotatable bonds is 9. The Morgan fingerprint density at radius 3 is 2.19 bits per heavy atom. The Balaban J connectivity index is 2.00. The van der Waals surface area contributed by atoms with Gasteiger partial charge in [0.15, 0.2) is 5.84 Å². The van der Waals surface area contributed by atoms with Crippen LogP contribution in [0.3, 0.4) is 0 Å². The van der Waals surface area contributed by atoms with Crippen LogP contribution in [-0.2, 0) is 0 Å². The van der Waals surface area contributed by atoms with Gasteiger partial charge in [-0.25, -0.2) is 19.8 Å². The third-order valence-corrected chi connectivity index (χ3v) is 5.23. The van der Waals surface area contributed by atoms with Crippen LogP contribution in [-0.4, -0.2) is 40.1 Å². The van der Waals surface area contributed by atoms with Crippen LogP contribution in [0.4, 0.5) is 27.5 Å². The van der Waals surface area contributed by atoms with Crippen molar-refractivity contribution < 1.29 is 10.0 Å². The van der Waals surface area contributed by atoms with Gasteiger partial charge in [0.05, 0.1) is 35.1 Å². The zero-order valence-corrected chi connectivity index (χ0v) is 21.5. The van der Waals surface area contributed by atoms with Crippen molar-refractivity contribution in [3.05, 3.63) is 72.3 Å². The van der Waals surface area contributed by atoms with Gasteiger partial charge in [-0.05, 0) is 49.1 Å². The van der Waals surface area contributed by atoms with Crippen molar-refractivity contribution >= 4 is 34.6 Å². The van der Waals surface area contributed by atoms with E-state index in [1.54, 1.807) is 6.07 Å². The van der Waals surface area contributed by atoms with E-state index >= 15 is 0 Å². The molecule has 0 aliphatic heterocycles. The summed E-state index contributed by atoms with van der Waals surface area (Å²) >= 11 is 0. The van der Waals surface area contributed by atoms with E-state index in [2.05, 4.69) is 63.7 Å². The minimum Gasteiger partial charge on any atom is -0.369 e. The molecular formula is C27H35N7O2. The van der Waals surface area contributed by atoms with Gasteiger partial charge in [0.2, 0.25) is 0 Å². The molecule has 0 saturated heterocycles. The van der Waals surface area contributed by atoms with Gasteiger partial charge >= 0.3 is 6.03 Å². The summed E-state index contributed by atoms with van der Waals surface area (Å²) in [5, 5.41) is 15.6. The van der Waals surface area contributed by atoms with Crippen LogP contribution in [0.2, 0.25) is 0 Å². The Kier molecular flexibility index (Phi) is 9.35. The molecule has 1 heterocycles. The third kappa shape index (κ3) is 7.78. The number of hydrogen-bond acceptors (Lipinski definition) is 6. The first kappa shape index (κ1) is 26.6. The molecule has 2 aromatic carbocycles. The maximum atomic E-state index is 12.9. The average molecular weight is 490 g/mol. The van der Waals surface area contributed by atoms with Crippen molar-refractivity contribution in [3.8, 4) is 0 Å². The lowest BCUT2D eigenvalue weighted by molar-refractivity contribution is 0.235. The Bertz CT molecular complexity index is 1150. The molecule has 9 heteroatoms. The molecule has 3 aromatic rings. The van der Waals surface area contributed by atoms with Crippen LogP contribution in [0.25, 0.3) is 0 Å². The number of urea groups is 1. The van der Waals surface area contributed by atoms with Crippen LogP contribution in [0.5, 0.6) is 0 Å². The van der Waals surface area contributed by atoms with Gasteiger partial charge in [0.1, 0.15) is 6.33 Å². The molecule has 0 spiro atoms. The monoisotopic (exact) mass is 489 g/mol. The molecule has 0 bridgehead atoms. The molecule has 0 aliphatic rings. The molecule has 1 aromatic heterocycles. The molecule has 0 fully saturated rings. The summed E-state index contributed by atoms with van der Waals surface area (Å²) in [7, 11) is 0. The number of benzene rings is 2. The highest BCUT2D eigenvalue weighted by Gasteiger charge is 2.18. The van der Waals surface area contributed by atoms with Crippen LogP contribution in [0.1, 0.15) is 38.8 Å². The van der Waals surface area contributed by atoms with Gasteiger partial charge in [0, 0.05) is 18.7 Å². The molecular weight excluding hydrogens is 454 g/mol. The lowest BCUT2D eigenvalue weighted by Gasteiger charge is -2.30. The number of amides is 2. The summed E-state index contributed by atoms with van der Waals surface area (Å²) in [4.78, 5) is 27.6. The van der Waals surface area contributed by atoms with E-state index in [1.165, 1.54) is 18.7 Å². The number of hydrogen-bond donors (Lipinski definition) is 4. The molecule has 3 rings (SSSR count). The number of carbonyl (C=O) groups excluding carboxylic acids is 1. The van der Waals surface area contributed by atoms with Gasteiger partial charge < -0.3 is 15.5 Å². The molecule has 0 radical (unpaired) electrons. The van der Waals surface area contributed by atoms with E-state index in [1.807, 2.05) is 43.3 Å². The number of carbonyl (C=O) groups is 1. The SMILES string of the molecule is Cc1ccc(N=C(NO)c2ccc(N(CC(C)C)CC(C)C)c(NC(=O)Nc3cncnc3)c2)cc1. The standard InChI is InChI=1S/C27H35N7O2/c1-18(2)15-34(16-19(3)4)25-11-8-21(26(33-36)30-22-9-6-20(5)7-10-22)12-24(25)32-27(35)31-23-13-28-17-29-14-23/h6-14,17-19,36H,15-16H2,1-5H3,(H,30,33)(H2,31,32,35). The Hall–Kier alpha value is -3.98. The number of aromatic nitrogens is 2. The third-order valence-electron chi connectivity index (χ3n) is 5.23. The van der Waals surface area contributed by atoms with Gasteiger partial charge in [-0.15, -0.1) is 0 Å². The normalized spacial score (nSPS) is 11.5. The van der Waals surface area contributed by atoms with Crippen molar-refractivity contribution in [2.45, 2.75) is 34.6 Å². The molecule has 0 aliphatic carbocycles. The highest BCUT2D eigenvalue weighted by atomic mass is 16.5.